The Bertz CT molecular complexity index is 617. The molecule has 2 bridgehead atoms. The van der Waals surface area contributed by atoms with Crippen LogP contribution < -0.4 is 0 Å². The topological polar surface area (TPSA) is 65.1 Å². The highest BCUT2D eigenvalue weighted by atomic mass is 16.7. The van der Waals surface area contributed by atoms with Crippen molar-refractivity contribution in [1.82, 2.24) is 4.90 Å². The summed E-state index contributed by atoms with van der Waals surface area (Å²) in [4.78, 5) is 26.2. The van der Waals surface area contributed by atoms with Crippen molar-refractivity contribution < 1.29 is 23.8 Å². The van der Waals surface area contributed by atoms with Crippen LogP contribution >= 0.6 is 0 Å². The van der Waals surface area contributed by atoms with Gasteiger partial charge in [-0.1, -0.05) is 36.4 Å². The van der Waals surface area contributed by atoms with Gasteiger partial charge in [-0.3, -0.25) is 9.59 Å². The number of nitrogens with zero attached hydrogens (tertiary/aromatic N) is 1. The van der Waals surface area contributed by atoms with E-state index in [2.05, 4.69) is 6.58 Å². The molecule has 2 aliphatic rings. The summed E-state index contributed by atoms with van der Waals surface area (Å²) in [6.45, 7) is 5.88. The van der Waals surface area contributed by atoms with E-state index >= 15 is 0 Å². The maximum Gasteiger partial charge on any atom is 0.220 e. The average molecular weight is 331 g/mol. The van der Waals surface area contributed by atoms with Crippen molar-refractivity contribution in [3.05, 3.63) is 48.6 Å². The summed E-state index contributed by atoms with van der Waals surface area (Å²) in [6.07, 6.45) is -0.349. The molecule has 0 radical (unpaired) electrons. The number of carbonyl (C=O) groups excluding carboxylic acids is 2. The number of rotatable bonds is 6. The molecule has 4 atom stereocenters. The molecular weight excluding hydrogens is 310 g/mol. The summed E-state index contributed by atoms with van der Waals surface area (Å²) in [5.74, 6) is -0.387. The fraction of sp³-hybridized carbons (Fsp3) is 0.444. The molecule has 2 heterocycles. The Labute approximate surface area is 141 Å². The Balaban J connectivity index is 1.82. The monoisotopic (exact) mass is 331 g/mol. The van der Waals surface area contributed by atoms with Crippen LogP contribution in [0, 0.1) is 0 Å². The summed E-state index contributed by atoms with van der Waals surface area (Å²) in [5.41, 5.74) is 0.974. The van der Waals surface area contributed by atoms with Crippen molar-refractivity contribution in [2.24, 2.45) is 0 Å². The SMILES string of the molecule is C=CCN(C(C)=O)[C@H]1C(=O)[C@@H]2CO[C@H](O2)[C@H]1OCc1ccccc1. The summed E-state index contributed by atoms with van der Waals surface area (Å²) < 4.78 is 17.1. The van der Waals surface area contributed by atoms with Crippen LogP contribution in [0.15, 0.2) is 43.0 Å². The molecule has 6 heteroatoms. The number of hydrogen-bond acceptors (Lipinski definition) is 5. The van der Waals surface area contributed by atoms with Crippen LogP contribution in [-0.4, -0.2) is 54.3 Å². The lowest BCUT2D eigenvalue weighted by molar-refractivity contribution is -0.202. The van der Waals surface area contributed by atoms with Crippen LogP contribution in [0.1, 0.15) is 12.5 Å². The van der Waals surface area contributed by atoms with Crippen molar-refractivity contribution in [3.8, 4) is 0 Å². The van der Waals surface area contributed by atoms with Crippen molar-refractivity contribution in [1.29, 1.82) is 0 Å². The van der Waals surface area contributed by atoms with E-state index in [-0.39, 0.29) is 24.8 Å². The lowest BCUT2D eigenvalue weighted by atomic mass is 9.97. The van der Waals surface area contributed by atoms with Crippen LogP contribution in [-0.2, 0) is 30.4 Å². The first-order valence-corrected chi connectivity index (χ1v) is 7.96. The van der Waals surface area contributed by atoms with Gasteiger partial charge in [0, 0.05) is 13.5 Å². The molecule has 2 fully saturated rings. The third-order valence-electron chi connectivity index (χ3n) is 4.25. The summed E-state index contributed by atoms with van der Waals surface area (Å²) in [5, 5.41) is 0. The highest BCUT2D eigenvalue weighted by Crippen LogP contribution is 2.31. The van der Waals surface area contributed by atoms with Crippen LogP contribution in [0.5, 0.6) is 0 Å². The van der Waals surface area contributed by atoms with Crippen molar-refractivity contribution in [2.45, 2.75) is 38.1 Å². The van der Waals surface area contributed by atoms with Gasteiger partial charge in [-0.2, -0.15) is 0 Å². The number of hydrogen-bond donors (Lipinski definition) is 0. The number of ketones is 1. The van der Waals surface area contributed by atoms with Gasteiger partial charge in [-0.05, 0) is 5.56 Å². The molecule has 3 rings (SSSR count). The Morgan fingerprint density at radius 3 is 2.83 bits per heavy atom. The van der Waals surface area contributed by atoms with Gasteiger partial charge in [-0.15, -0.1) is 6.58 Å². The van der Waals surface area contributed by atoms with E-state index in [4.69, 9.17) is 14.2 Å². The molecule has 0 spiro atoms. The van der Waals surface area contributed by atoms with E-state index in [1.807, 2.05) is 30.3 Å². The molecule has 1 amide bonds. The van der Waals surface area contributed by atoms with Crippen molar-refractivity contribution in [3.63, 3.8) is 0 Å². The molecule has 0 saturated carbocycles. The van der Waals surface area contributed by atoms with E-state index in [1.165, 1.54) is 11.8 Å². The molecule has 2 aliphatic heterocycles. The second-order valence-electron chi connectivity index (χ2n) is 5.89. The van der Waals surface area contributed by atoms with Crippen LogP contribution in [0.25, 0.3) is 0 Å². The average Bonchev–Trinajstić information content (AvgIpc) is 3.02. The van der Waals surface area contributed by atoms with Gasteiger partial charge < -0.3 is 19.1 Å². The fourth-order valence-electron chi connectivity index (χ4n) is 3.09. The van der Waals surface area contributed by atoms with Crippen molar-refractivity contribution in [2.75, 3.05) is 13.2 Å². The molecule has 24 heavy (non-hydrogen) atoms. The van der Waals surface area contributed by atoms with E-state index in [9.17, 15) is 9.59 Å². The number of carbonyl (C=O) groups is 2. The number of Topliss-reactive ketones (excluding diaryl/α,β-unsaturated/α-hetero) is 1. The first kappa shape index (κ1) is 16.8. The van der Waals surface area contributed by atoms with Gasteiger partial charge in [0.15, 0.2) is 12.1 Å². The molecule has 2 saturated heterocycles. The fourth-order valence-corrected chi connectivity index (χ4v) is 3.09. The number of benzene rings is 1. The molecule has 0 aromatic heterocycles. The second kappa shape index (κ2) is 7.25. The first-order chi connectivity index (χ1) is 11.6. The molecule has 0 aliphatic carbocycles. The largest absolute Gasteiger partial charge is 0.366 e. The maximum atomic E-state index is 12.7. The molecule has 6 nitrogen and oxygen atoms in total. The predicted molar refractivity (Wildman–Crippen MR) is 86.0 cm³/mol. The predicted octanol–water partition coefficient (Wildman–Crippen LogP) is 1.30. The van der Waals surface area contributed by atoms with Gasteiger partial charge in [-0.25, -0.2) is 0 Å². The number of fused-ring (bicyclic) bond motifs is 2. The Morgan fingerprint density at radius 2 is 2.17 bits per heavy atom. The third-order valence-corrected chi connectivity index (χ3v) is 4.25. The van der Waals surface area contributed by atoms with E-state index in [0.717, 1.165) is 5.56 Å². The van der Waals surface area contributed by atoms with Crippen LogP contribution in [0.4, 0.5) is 0 Å². The standard InChI is InChI=1S/C18H21NO5/c1-3-9-19(12(2)20)15-16(21)14-11-23-18(24-14)17(15)22-10-13-7-5-4-6-8-13/h3-8,14-15,17-18H,1,9-11H2,2H3/t14-,15-,17-,18+/m0/s1. The quantitative estimate of drug-likeness (QED) is 0.735. The van der Waals surface area contributed by atoms with Gasteiger partial charge in [0.25, 0.3) is 0 Å². The second-order valence-corrected chi connectivity index (χ2v) is 5.89. The van der Waals surface area contributed by atoms with Crippen molar-refractivity contribution >= 4 is 11.7 Å². The van der Waals surface area contributed by atoms with Gasteiger partial charge in [0.05, 0.1) is 13.2 Å². The molecule has 128 valence electrons. The smallest absolute Gasteiger partial charge is 0.220 e. The molecule has 0 N–H and O–H groups in total. The normalized spacial score (nSPS) is 28.6. The summed E-state index contributed by atoms with van der Waals surface area (Å²) >= 11 is 0. The van der Waals surface area contributed by atoms with Crippen LogP contribution in [0.3, 0.4) is 0 Å². The highest BCUT2D eigenvalue weighted by Gasteiger charge is 2.53. The van der Waals surface area contributed by atoms with Crippen LogP contribution in [0.2, 0.25) is 0 Å². The lowest BCUT2D eigenvalue weighted by Crippen LogP contribution is -2.61. The molecular formula is C18H21NO5. The molecule has 0 unspecified atom stereocenters. The Kier molecular flexibility index (Phi) is 5.08. The highest BCUT2D eigenvalue weighted by molar-refractivity contribution is 5.93. The Morgan fingerprint density at radius 1 is 1.42 bits per heavy atom. The lowest BCUT2D eigenvalue weighted by Gasteiger charge is -2.39. The number of ether oxygens (including phenoxy) is 3. The summed E-state index contributed by atoms with van der Waals surface area (Å²) in [7, 11) is 0. The van der Waals surface area contributed by atoms with Gasteiger partial charge >= 0.3 is 0 Å². The number of amides is 1. The molecule has 1 aromatic rings. The van der Waals surface area contributed by atoms with E-state index in [0.29, 0.717) is 6.61 Å². The minimum Gasteiger partial charge on any atom is -0.366 e. The van der Waals surface area contributed by atoms with Gasteiger partial charge in [0.1, 0.15) is 18.2 Å². The van der Waals surface area contributed by atoms with E-state index in [1.54, 1.807) is 6.08 Å². The maximum absolute atomic E-state index is 12.7. The zero-order valence-electron chi connectivity index (χ0n) is 13.6. The first-order valence-electron chi connectivity index (χ1n) is 7.96. The zero-order chi connectivity index (χ0) is 17.1. The van der Waals surface area contributed by atoms with Gasteiger partial charge in [0.2, 0.25) is 5.91 Å². The summed E-state index contributed by atoms with van der Waals surface area (Å²) in [6, 6.07) is 8.90. The zero-order valence-corrected chi connectivity index (χ0v) is 13.6. The Hall–Kier alpha value is -2.02. The third kappa shape index (κ3) is 3.26. The minimum atomic E-state index is -0.726. The van der Waals surface area contributed by atoms with E-state index < -0.39 is 24.5 Å². The minimum absolute atomic E-state index is 0.182. The molecule has 1 aromatic carbocycles.